The van der Waals surface area contributed by atoms with E-state index in [9.17, 15) is 9.59 Å². The normalized spacial score (nSPS) is 11.5. The van der Waals surface area contributed by atoms with Gasteiger partial charge in [-0.1, -0.05) is 24.3 Å². The van der Waals surface area contributed by atoms with Crippen LogP contribution in [-0.2, 0) is 11.2 Å². The first-order valence-electron chi connectivity index (χ1n) is 7.66. The van der Waals surface area contributed by atoms with Crippen molar-refractivity contribution in [1.29, 1.82) is 0 Å². The Morgan fingerprint density at radius 2 is 1.91 bits per heavy atom. The number of pyridine rings is 1. The molecule has 0 radical (unpaired) electrons. The highest BCUT2D eigenvalue weighted by Gasteiger charge is 2.12. The van der Waals surface area contributed by atoms with Crippen LogP contribution in [-0.4, -0.2) is 29.4 Å². The Labute approximate surface area is 136 Å². The van der Waals surface area contributed by atoms with Gasteiger partial charge in [0.1, 0.15) is 0 Å². The number of nitrogens with one attached hydrogen (secondary N) is 2. The number of rotatable bonds is 7. The van der Waals surface area contributed by atoms with Crippen LogP contribution >= 0.6 is 0 Å². The van der Waals surface area contributed by atoms with Gasteiger partial charge in [0.05, 0.1) is 0 Å². The molecule has 0 aliphatic heterocycles. The Bertz CT molecular complexity index is 629. The number of aromatic nitrogens is 1. The summed E-state index contributed by atoms with van der Waals surface area (Å²) in [7, 11) is 0. The lowest BCUT2D eigenvalue weighted by Crippen LogP contribution is -2.37. The van der Waals surface area contributed by atoms with E-state index in [1.807, 2.05) is 37.3 Å². The zero-order chi connectivity index (χ0) is 16.5. The minimum absolute atomic E-state index is 0.0743. The molecule has 0 spiro atoms. The molecule has 23 heavy (non-hydrogen) atoms. The summed E-state index contributed by atoms with van der Waals surface area (Å²) in [5.41, 5.74) is 1.68. The Morgan fingerprint density at radius 1 is 1.13 bits per heavy atom. The molecule has 1 unspecified atom stereocenters. The highest BCUT2D eigenvalue weighted by molar-refractivity contribution is 5.94. The van der Waals surface area contributed by atoms with Crippen molar-refractivity contribution in [2.45, 2.75) is 25.8 Å². The number of amides is 2. The van der Waals surface area contributed by atoms with Crippen molar-refractivity contribution in [1.82, 2.24) is 15.6 Å². The van der Waals surface area contributed by atoms with Crippen LogP contribution < -0.4 is 10.6 Å². The van der Waals surface area contributed by atoms with Crippen LogP contribution in [0.4, 0.5) is 0 Å². The van der Waals surface area contributed by atoms with E-state index in [-0.39, 0.29) is 24.3 Å². The van der Waals surface area contributed by atoms with Crippen molar-refractivity contribution in [2.75, 3.05) is 6.54 Å². The SMILES string of the molecule is CC(CC(=O)NCCc1cccnc1)NC(=O)c1ccccc1. The Balaban J connectivity index is 1.69. The number of nitrogens with zero attached hydrogens (tertiary/aromatic N) is 1. The number of carbonyl (C=O) groups excluding carboxylic acids is 2. The zero-order valence-electron chi connectivity index (χ0n) is 13.2. The number of hydrogen-bond donors (Lipinski definition) is 2. The van der Waals surface area contributed by atoms with Crippen LogP contribution in [0.1, 0.15) is 29.3 Å². The van der Waals surface area contributed by atoms with Gasteiger partial charge in [0.15, 0.2) is 0 Å². The molecule has 0 saturated carbocycles. The monoisotopic (exact) mass is 311 g/mol. The molecule has 2 N–H and O–H groups in total. The summed E-state index contributed by atoms with van der Waals surface area (Å²) in [4.78, 5) is 27.9. The lowest BCUT2D eigenvalue weighted by Gasteiger charge is -2.14. The number of hydrogen-bond acceptors (Lipinski definition) is 3. The second-order valence-electron chi connectivity index (χ2n) is 5.41. The fourth-order valence-electron chi connectivity index (χ4n) is 2.19. The minimum Gasteiger partial charge on any atom is -0.356 e. The maximum Gasteiger partial charge on any atom is 0.251 e. The lowest BCUT2D eigenvalue weighted by molar-refractivity contribution is -0.121. The Kier molecular flexibility index (Phi) is 6.29. The molecule has 1 heterocycles. The molecule has 0 aliphatic carbocycles. The van der Waals surface area contributed by atoms with Gasteiger partial charge in [-0.25, -0.2) is 0 Å². The third kappa shape index (κ3) is 5.90. The summed E-state index contributed by atoms with van der Waals surface area (Å²) >= 11 is 0. The molecule has 5 nitrogen and oxygen atoms in total. The highest BCUT2D eigenvalue weighted by Crippen LogP contribution is 2.00. The molecular formula is C18H21N3O2. The minimum atomic E-state index is -0.221. The first kappa shape index (κ1) is 16.7. The Hall–Kier alpha value is -2.69. The predicted octanol–water partition coefficient (Wildman–Crippen LogP) is 1.95. The summed E-state index contributed by atoms with van der Waals surface area (Å²) in [6, 6.07) is 12.6. The van der Waals surface area contributed by atoms with Crippen LogP contribution in [0.15, 0.2) is 54.9 Å². The van der Waals surface area contributed by atoms with E-state index in [1.165, 1.54) is 0 Å². The van der Waals surface area contributed by atoms with Crippen molar-refractivity contribution in [3.05, 3.63) is 66.0 Å². The first-order chi connectivity index (χ1) is 11.1. The Morgan fingerprint density at radius 3 is 2.61 bits per heavy atom. The van der Waals surface area contributed by atoms with Crippen molar-refractivity contribution < 1.29 is 9.59 Å². The van der Waals surface area contributed by atoms with E-state index in [4.69, 9.17) is 0 Å². The van der Waals surface area contributed by atoms with E-state index in [0.29, 0.717) is 12.1 Å². The first-order valence-corrected chi connectivity index (χ1v) is 7.66. The van der Waals surface area contributed by atoms with Crippen molar-refractivity contribution >= 4 is 11.8 Å². The second kappa shape index (κ2) is 8.68. The molecule has 2 amide bonds. The quantitative estimate of drug-likeness (QED) is 0.821. The summed E-state index contributed by atoms with van der Waals surface area (Å²) in [5.74, 6) is -0.240. The molecule has 0 saturated heterocycles. The van der Waals surface area contributed by atoms with Gasteiger partial charge in [-0.2, -0.15) is 0 Å². The molecule has 2 aromatic rings. The summed E-state index contributed by atoms with van der Waals surface area (Å²) in [6.45, 7) is 2.38. The van der Waals surface area contributed by atoms with E-state index in [2.05, 4.69) is 15.6 Å². The number of benzene rings is 1. The van der Waals surface area contributed by atoms with Gasteiger partial charge in [-0.15, -0.1) is 0 Å². The van der Waals surface area contributed by atoms with Crippen LogP contribution in [0.25, 0.3) is 0 Å². The van der Waals surface area contributed by atoms with Gasteiger partial charge in [-0.3, -0.25) is 14.6 Å². The molecule has 2 rings (SSSR count). The van der Waals surface area contributed by atoms with Gasteiger partial charge in [0.2, 0.25) is 5.91 Å². The molecule has 1 aromatic heterocycles. The smallest absolute Gasteiger partial charge is 0.251 e. The lowest BCUT2D eigenvalue weighted by atomic mass is 10.1. The van der Waals surface area contributed by atoms with Crippen LogP contribution in [0.3, 0.4) is 0 Å². The highest BCUT2D eigenvalue weighted by atomic mass is 16.2. The molecule has 1 aromatic carbocycles. The van der Waals surface area contributed by atoms with Crippen LogP contribution in [0, 0.1) is 0 Å². The average molecular weight is 311 g/mol. The van der Waals surface area contributed by atoms with E-state index in [0.717, 1.165) is 12.0 Å². The molecule has 120 valence electrons. The third-order valence-corrected chi connectivity index (χ3v) is 3.36. The topological polar surface area (TPSA) is 71.1 Å². The zero-order valence-corrected chi connectivity index (χ0v) is 13.2. The molecule has 1 atom stereocenters. The summed E-state index contributed by atoms with van der Waals surface area (Å²) < 4.78 is 0. The maximum atomic E-state index is 12.0. The summed E-state index contributed by atoms with van der Waals surface area (Å²) in [6.07, 6.45) is 4.50. The van der Waals surface area contributed by atoms with Gasteiger partial charge < -0.3 is 10.6 Å². The molecule has 5 heteroatoms. The van der Waals surface area contributed by atoms with Crippen molar-refractivity contribution in [3.63, 3.8) is 0 Å². The molecule has 0 fully saturated rings. The summed E-state index contributed by atoms with van der Waals surface area (Å²) in [5, 5.41) is 5.68. The van der Waals surface area contributed by atoms with Crippen molar-refractivity contribution in [2.24, 2.45) is 0 Å². The largest absolute Gasteiger partial charge is 0.356 e. The van der Waals surface area contributed by atoms with Gasteiger partial charge in [0.25, 0.3) is 5.91 Å². The van der Waals surface area contributed by atoms with Gasteiger partial charge in [-0.05, 0) is 37.1 Å². The second-order valence-corrected chi connectivity index (χ2v) is 5.41. The molecule has 0 bridgehead atoms. The fourth-order valence-corrected chi connectivity index (χ4v) is 2.19. The van der Waals surface area contributed by atoms with Crippen LogP contribution in [0.5, 0.6) is 0 Å². The van der Waals surface area contributed by atoms with E-state index in [1.54, 1.807) is 24.5 Å². The average Bonchev–Trinajstić information content (AvgIpc) is 2.56. The third-order valence-electron chi connectivity index (χ3n) is 3.36. The van der Waals surface area contributed by atoms with E-state index < -0.39 is 0 Å². The standard InChI is InChI=1S/C18H21N3O2/c1-14(21-18(23)16-7-3-2-4-8-16)12-17(22)20-11-9-15-6-5-10-19-13-15/h2-8,10,13-14H,9,11-12H2,1H3,(H,20,22)(H,21,23). The molecule has 0 aliphatic rings. The van der Waals surface area contributed by atoms with Gasteiger partial charge >= 0.3 is 0 Å². The molecular weight excluding hydrogens is 290 g/mol. The maximum absolute atomic E-state index is 12.0. The predicted molar refractivity (Wildman–Crippen MR) is 88.9 cm³/mol. The van der Waals surface area contributed by atoms with Gasteiger partial charge in [0, 0.05) is 37.0 Å². The number of carbonyl (C=O) groups is 2. The van der Waals surface area contributed by atoms with Crippen molar-refractivity contribution in [3.8, 4) is 0 Å². The fraction of sp³-hybridized carbons (Fsp3) is 0.278. The van der Waals surface area contributed by atoms with E-state index >= 15 is 0 Å². The van der Waals surface area contributed by atoms with Crippen LogP contribution in [0.2, 0.25) is 0 Å².